The molecule has 0 saturated carbocycles. The van der Waals surface area contributed by atoms with Gasteiger partial charge in [-0.25, -0.2) is 29.1 Å². The number of anilines is 4. The third-order valence-electron chi connectivity index (χ3n) is 6.55. The molecule has 4 rings (SSSR count). The highest BCUT2D eigenvalue weighted by Gasteiger charge is 2.42. The van der Waals surface area contributed by atoms with Gasteiger partial charge in [0.1, 0.15) is 11.4 Å². The van der Waals surface area contributed by atoms with Gasteiger partial charge in [-0.05, 0) is 86.2 Å². The number of primary amides is 1. The number of nitrogens with two attached hydrogens (primary N) is 1. The number of nitrogens with one attached hydrogen (secondary N) is 1. The Morgan fingerprint density at radius 2 is 1.62 bits per heavy atom. The second-order valence-corrected chi connectivity index (χ2v) is 9.19. The summed E-state index contributed by atoms with van der Waals surface area (Å²) in [6.07, 6.45) is 1.55. The van der Waals surface area contributed by atoms with Gasteiger partial charge in [0.15, 0.2) is 5.75 Å². The highest BCUT2D eigenvalue weighted by Crippen LogP contribution is 2.29. The Bertz CT molecular complexity index is 1580. The maximum absolute atomic E-state index is 13.4. The van der Waals surface area contributed by atoms with Crippen LogP contribution in [0.5, 0.6) is 5.75 Å². The molecule has 2 aromatic carbocycles. The molecule has 16 nitrogen and oxygen atoms in total. The smallest absolute Gasteiger partial charge is 0.388 e. The number of halogens is 3. The Hall–Kier alpha value is -5.95. The first-order valence-corrected chi connectivity index (χ1v) is 12.7. The molecule has 1 unspecified atom stereocenters. The number of amides is 7. The second-order valence-electron chi connectivity index (χ2n) is 9.19. The molecule has 0 spiro atoms. The van der Waals surface area contributed by atoms with Crippen molar-refractivity contribution in [3.8, 4) is 5.75 Å². The summed E-state index contributed by atoms with van der Waals surface area (Å²) >= 11 is 0. The lowest BCUT2D eigenvalue weighted by Gasteiger charge is -2.28. The third-order valence-corrected chi connectivity index (χ3v) is 6.55. The first kappa shape index (κ1) is 32.0. The number of aromatic nitrogens is 1. The number of aromatic carboxylic acids is 1. The highest BCUT2D eigenvalue weighted by molar-refractivity contribution is 6.22. The Balaban J connectivity index is 1.52. The molecule has 1 aliphatic rings. The number of benzene rings is 2. The van der Waals surface area contributed by atoms with Gasteiger partial charge in [0.2, 0.25) is 5.91 Å². The number of hydroxylamine groups is 2. The first-order valence-electron chi connectivity index (χ1n) is 12.7. The van der Waals surface area contributed by atoms with Gasteiger partial charge < -0.3 is 21.1 Å². The van der Waals surface area contributed by atoms with Crippen LogP contribution in [-0.4, -0.2) is 63.3 Å². The Labute approximate surface area is 250 Å². The molecule has 45 heavy (non-hydrogen) atoms. The topological polar surface area (TPSA) is 197 Å². The fourth-order valence-corrected chi connectivity index (χ4v) is 4.45. The van der Waals surface area contributed by atoms with Crippen molar-refractivity contribution in [3.63, 3.8) is 0 Å². The molecule has 236 valence electrons. The predicted molar refractivity (Wildman–Crippen MR) is 145 cm³/mol. The van der Waals surface area contributed by atoms with Crippen molar-refractivity contribution in [3.05, 3.63) is 72.4 Å². The largest absolute Gasteiger partial charge is 0.478 e. The molecular weight excluding hydrogens is 611 g/mol. The van der Waals surface area contributed by atoms with Crippen molar-refractivity contribution in [2.45, 2.75) is 6.42 Å². The fourth-order valence-electron chi connectivity index (χ4n) is 4.45. The van der Waals surface area contributed by atoms with Crippen LogP contribution in [0, 0.1) is 5.92 Å². The van der Waals surface area contributed by atoms with Crippen LogP contribution in [0.15, 0.2) is 66.9 Å². The summed E-state index contributed by atoms with van der Waals surface area (Å²) in [6.45, 7) is 0.260. The Morgan fingerprint density at radius 3 is 2.20 bits per heavy atom. The number of hydrogen-bond acceptors (Lipinski definition) is 11. The van der Waals surface area contributed by atoms with Gasteiger partial charge in [0.05, 0.1) is 11.6 Å². The molecule has 2 heterocycles. The number of hydrogen-bond donors (Lipinski definition) is 3. The van der Waals surface area contributed by atoms with Crippen molar-refractivity contribution in [1.82, 2.24) is 15.1 Å². The van der Waals surface area contributed by atoms with Crippen molar-refractivity contribution in [2.75, 3.05) is 28.2 Å². The lowest BCUT2D eigenvalue weighted by atomic mass is 10.1. The van der Waals surface area contributed by atoms with Crippen LogP contribution in [0.3, 0.4) is 0 Å². The standard InChI is InChI=1S/C26H22F3N7O9/c27-43-19-9-7-18(8-10-19)34(26(42)36(44-28)45-29)25(41)35(24(30)40)22(37)15-11-13-33(14-15)17-5-3-16(4-6-17)32-21-20(23(38)39)2-1-12-31-21/h1-10,12,15H,11,13-14H2,(H2,30,40)(H,31,32)(H,38,39). The van der Waals surface area contributed by atoms with Gasteiger partial charge in [-0.15, -0.1) is 0 Å². The zero-order valence-corrected chi connectivity index (χ0v) is 22.7. The summed E-state index contributed by atoms with van der Waals surface area (Å²) in [7, 11) is 0. The number of imide groups is 4. The number of pyridine rings is 1. The molecule has 1 saturated heterocycles. The van der Waals surface area contributed by atoms with E-state index in [0.717, 1.165) is 24.3 Å². The van der Waals surface area contributed by atoms with Crippen molar-refractivity contribution in [2.24, 2.45) is 11.7 Å². The second kappa shape index (κ2) is 14.0. The zero-order valence-electron chi connectivity index (χ0n) is 22.7. The monoisotopic (exact) mass is 633 g/mol. The number of carbonyl (C=O) groups is 5. The highest BCUT2D eigenvalue weighted by atomic mass is 19.3. The van der Waals surface area contributed by atoms with E-state index in [1.165, 1.54) is 18.3 Å². The van der Waals surface area contributed by atoms with Gasteiger partial charge in [-0.2, -0.15) is 4.90 Å². The van der Waals surface area contributed by atoms with E-state index in [4.69, 9.17) is 5.73 Å². The number of rotatable bonds is 9. The van der Waals surface area contributed by atoms with Crippen LogP contribution in [0.2, 0.25) is 0 Å². The van der Waals surface area contributed by atoms with E-state index in [1.807, 2.05) is 0 Å². The molecule has 3 aromatic rings. The van der Waals surface area contributed by atoms with Gasteiger partial charge in [0.25, 0.3) is 0 Å². The van der Waals surface area contributed by atoms with Crippen LogP contribution < -0.4 is 25.8 Å². The molecule has 19 heteroatoms. The van der Waals surface area contributed by atoms with E-state index >= 15 is 0 Å². The quantitative estimate of drug-likeness (QED) is 0.284. The minimum absolute atomic E-state index is 0.0180. The van der Waals surface area contributed by atoms with Crippen molar-refractivity contribution in [1.29, 1.82) is 0 Å². The summed E-state index contributed by atoms with van der Waals surface area (Å²) in [5.41, 5.74) is 5.89. The SMILES string of the molecule is NC(=O)N(C(=O)C1CCN(c2ccc(Nc3ncccc3C(=O)O)cc2)C1)C(=O)N(C(=O)N(OF)OF)c1ccc(OF)cc1. The summed E-state index contributed by atoms with van der Waals surface area (Å²) in [4.78, 5) is 72.3. The molecule has 1 atom stereocenters. The molecule has 7 amide bonds. The predicted octanol–water partition coefficient (Wildman–Crippen LogP) is 4.20. The summed E-state index contributed by atoms with van der Waals surface area (Å²) in [5.74, 6) is -3.59. The molecule has 4 N–H and O–H groups in total. The van der Waals surface area contributed by atoms with E-state index in [2.05, 4.69) is 25.3 Å². The molecular formula is C26H22F3N7O9. The number of carbonyl (C=O) groups excluding carboxylic acids is 4. The number of urea groups is 3. The van der Waals surface area contributed by atoms with E-state index in [1.54, 1.807) is 29.2 Å². The van der Waals surface area contributed by atoms with Gasteiger partial charge in [-0.1, -0.05) is 0 Å². The van der Waals surface area contributed by atoms with Crippen LogP contribution >= 0.6 is 0 Å². The van der Waals surface area contributed by atoms with Crippen LogP contribution in [0.1, 0.15) is 16.8 Å². The molecule has 0 bridgehead atoms. The van der Waals surface area contributed by atoms with E-state index < -0.39 is 52.6 Å². The van der Waals surface area contributed by atoms with E-state index in [9.17, 15) is 42.7 Å². The minimum Gasteiger partial charge on any atom is -0.478 e. The number of carboxylic acid groups (broad SMARTS) is 1. The van der Waals surface area contributed by atoms with E-state index in [0.29, 0.717) is 11.4 Å². The van der Waals surface area contributed by atoms with Crippen molar-refractivity contribution < 1.29 is 57.7 Å². The van der Waals surface area contributed by atoms with Gasteiger partial charge in [-0.3, -0.25) is 9.74 Å². The van der Waals surface area contributed by atoms with Crippen LogP contribution in [-0.2, 0) is 14.9 Å². The molecule has 0 aliphatic carbocycles. The summed E-state index contributed by atoms with van der Waals surface area (Å²) in [5, 5.41) is 17.1. The van der Waals surface area contributed by atoms with Crippen LogP contribution in [0.4, 0.5) is 50.8 Å². The molecule has 1 aromatic heterocycles. The molecule has 1 fully saturated rings. The third kappa shape index (κ3) is 7.00. The zero-order chi connectivity index (χ0) is 32.7. The number of carboxylic acids is 1. The molecule has 1 aliphatic heterocycles. The maximum Gasteiger partial charge on any atom is 0.388 e. The Kier molecular flexibility index (Phi) is 9.96. The van der Waals surface area contributed by atoms with Gasteiger partial charge >= 0.3 is 24.1 Å². The average molecular weight is 633 g/mol. The summed E-state index contributed by atoms with van der Waals surface area (Å²) < 4.78 is 38.0. The maximum atomic E-state index is 13.4. The summed E-state index contributed by atoms with van der Waals surface area (Å²) in [6, 6.07) is 7.70. The van der Waals surface area contributed by atoms with Crippen molar-refractivity contribution >= 4 is 52.8 Å². The number of nitrogens with zero attached hydrogens (tertiary/aromatic N) is 5. The Morgan fingerprint density at radius 1 is 0.956 bits per heavy atom. The fraction of sp³-hybridized carbons (Fsp3) is 0.154. The molecule has 0 radical (unpaired) electrons. The van der Waals surface area contributed by atoms with Crippen LogP contribution in [0.25, 0.3) is 0 Å². The lowest BCUT2D eigenvalue weighted by molar-refractivity contribution is -0.488. The first-order chi connectivity index (χ1) is 21.6. The minimum atomic E-state index is -2.00. The van der Waals surface area contributed by atoms with E-state index in [-0.39, 0.29) is 40.7 Å². The normalized spacial score (nSPS) is 13.9. The average Bonchev–Trinajstić information content (AvgIpc) is 3.53. The lowest BCUT2D eigenvalue weighted by Crippen LogP contribution is -2.57. The van der Waals surface area contributed by atoms with Gasteiger partial charge in [0, 0.05) is 40.4 Å².